The zero-order valence-corrected chi connectivity index (χ0v) is 14.5. The van der Waals surface area contributed by atoms with Gasteiger partial charge in [-0.25, -0.2) is 0 Å². The van der Waals surface area contributed by atoms with Gasteiger partial charge in [-0.2, -0.15) is 0 Å². The van der Waals surface area contributed by atoms with Crippen LogP contribution in [0.4, 0.5) is 0 Å². The number of methoxy groups -OCH3 is 1. The molecular formula is C18H29NOS. The van der Waals surface area contributed by atoms with Crippen LogP contribution in [-0.2, 0) is 11.3 Å². The van der Waals surface area contributed by atoms with Gasteiger partial charge in [0, 0.05) is 30.3 Å². The van der Waals surface area contributed by atoms with E-state index in [9.17, 15) is 0 Å². The van der Waals surface area contributed by atoms with Crippen molar-refractivity contribution in [3.05, 3.63) is 29.3 Å². The van der Waals surface area contributed by atoms with E-state index >= 15 is 0 Å². The van der Waals surface area contributed by atoms with Crippen molar-refractivity contribution in [2.24, 2.45) is 5.92 Å². The second kappa shape index (κ2) is 8.82. The van der Waals surface area contributed by atoms with E-state index < -0.39 is 0 Å². The van der Waals surface area contributed by atoms with Gasteiger partial charge in [-0.15, -0.1) is 11.8 Å². The number of hydrogen-bond donors (Lipinski definition) is 1. The first kappa shape index (κ1) is 16.9. The van der Waals surface area contributed by atoms with E-state index in [1.165, 1.54) is 41.7 Å². The highest BCUT2D eigenvalue weighted by molar-refractivity contribution is 8.00. The lowest BCUT2D eigenvalue weighted by Crippen LogP contribution is -2.19. The minimum Gasteiger partial charge on any atom is -0.383 e. The van der Waals surface area contributed by atoms with E-state index in [1.54, 1.807) is 7.11 Å². The van der Waals surface area contributed by atoms with Crippen molar-refractivity contribution >= 4 is 11.8 Å². The highest BCUT2D eigenvalue weighted by atomic mass is 32.2. The van der Waals surface area contributed by atoms with E-state index in [0.29, 0.717) is 0 Å². The first-order chi connectivity index (χ1) is 10.2. The predicted molar refractivity (Wildman–Crippen MR) is 92.0 cm³/mol. The zero-order chi connectivity index (χ0) is 15.1. The summed E-state index contributed by atoms with van der Waals surface area (Å²) in [4.78, 5) is 1.44. The molecule has 1 fully saturated rings. The van der Waals surface area contributed by atoms with Gasteiger partial charge in [0.15, 0.2) is 0 Å². The van der Waals surface area contributed by atoms with Gasteiger partial charge in [0.05, 0.1) is 6.61 Å². The molecule has 1 aromatic carbocycles. The summed E-state index contributed by atoms with van der Waals surface area (Å²) in [5.74, 6) is 0.904. The lowest BCUT2D eigenvalue weighted by molar-refractivity contribution is 0.199. The van der Waals surface area contributed by atoms with Crippen LogP contribution < -0.4 is 5.32 Å². The molecule has 21 heavy (non-hydrogen) atoms. The van der Waals surface area contributed by atoms with Gasteiger partial charge >= 0.3 is 0 Å². The van der Waals surface area contributed by atoms with Gasteiger partial charge in [0.1, 0.15) is 0 Å². The molecule has 0 spiro atoms. The predicted octanol–water partition coefficient (Wildman–Crippen LogP) is 4.40. The molecule has 1 aromatic rings. The number of aryl methyl sites for hydroxylation is 1. The number of rotatable bonds is 7. The molecule has 1 aliphatic rings. The van der Waals surface area contributed by atoms with Crippen molar-refractivity contribution < 1.29 is 4.74 Å². The van der Waals surface area contributed by atoms with Crippen molar-refractivity contribution in [1.29, 1.82) is 0 Å². The third-order valence-electron chi connectivity index (χ3n) is 4.30. The minimum absolute atomic E-state index is 0.771. The number of benzene rings is 1. The maximum atomic E-state index is 5.06. The Labute approximate surface area is 134 Å². The molecule has 2 nitrogen and oxygen atoms in total. The van der Waals surface area contributed by atoms with E-state index in [-0.39, 0.29) is 0 Å². The van der Waals surface area contributed by atoms with Crippen molar-refractivity contribution in [1.82, 2.24) is 5.32 Å². The second-order valence-electron chi connectivity index (χ2n) is 6.27. The molecule has 1 saturated carbocycles. The van der Waals surface area contributed by atoms with Gasteiger partial charge < -0.3 is 10.1 Å². The summed E-state index contributed by atoms with van der Waals surface area (Å²) in [5, 5.41) is 4.24. The van der Waals surface area contributed by atoms with E-state index in [0.717, 1.165) is 30.9 Å². The molecule has 118 valence electrons. The fourth-order valence-corrected chi connectivity index (χ4v) is 4.50. The summed E-state index contributed by atoms with van der Waals surface area (Å²) < 4.78 is 5.06. The fraction of sp³-hybridized carbons (Fsp3) is 0.667. The lowest BCUT2D eigenvalue weighted by atomic mass is 9.91. The van der Waals surface area contributed by atoms with Crippen LogP contribution in [0.25, 0.3) is 0 Å². The molecule has 0 aromatic heterocycles. The monoisotopic (exact) mass is 307 g/mol. The molecule has 3 heteroatoms. The molecule has 0 bridgehead atoms. The maximum Gasteiger partial charge on any atom is 0.0587 e. The van der Waals surface area contributed by atoms with Crippen LogP contribution in [-0.4, -0.2) is 25.5 Å². The van der Waals surface area contributed by atoms with Crippen LogP contribution >= 0.6 is 11.8 Å². The quantitative estimate of drug-likeness (QED) is 0.754. The highest BCUT2D eigenvalue weighted by Crippen LogP contribution is 2.36. The molecule has 0 heterocycles. The Morgan fingerprint density at radius 2 is 2.19 bits per heavy atom. The molecule has 2 unspecified atom stereocenters. The molecule has 0 aliphatic heterocycles. The number of thioether (sulfide) groups is 1. The SMILES string of the molecule is COCCNCc1ccc(SC2CCCC(C)C2)cc1C. The maximum absolute atomic E-state index is 5.06. The third kappa shape index (κ3) is 5.65. The Morgan fingerprint density at radius 1 is 1.33 bits per heavy atom. The minimum atomic E-state index is 0.771. The van der Waals surface area contributed by atoms with Gasteiger partial charge in [0.2, 0.25) is 0 Å². The topological polar surface area (TPSA) is 21.3 Å². The normalized spacial score (nSPS) is 22.4. The highest BCUT2D eigenvalue weighted by Gasteiger charge is 2.19. The molecule has 2 atom stereocenters. The summed E-state index contributed by atoms with van der Waals surface area (Å²) >= 11 is 2.08. The summed E-state index contributed by atoms with van der Waals surface area (Å²) in [6.45, 7) is 7.23. The van der Waals surface area contributed by atoms with Crippen LogP contribution in [0.2, 0.25) is 0 Å². The van der Waals surface area contributed by atoms with Crippen molar-refractivity contribution in [3.8, 4) is 0 Å². The summed E-state index contributed by atoms with van der Waals surface area (Å²) in [7, 11) is 1.74. The third-order valence-corrected chi connectivity index (χ3v) is 5.59. The molecule has 0 saturated heterocycles. The summed E-state index contributed by atoms with van der Waals surface area (Å²) in [5.41, 5.74) is 2.79. The molecule has 0 amide bonds. The lowest BCUT2D eigenvalue weighted by Gasteiger charge is -2.26. The Balaban J connectivity index is 1.86. The van der Waals surface area contributed by atoms with E-state index in [1.807, 2.05) is 0 Å². The molecular weight excluding hydrogens is 278 g/mol. The Bertz CT molecular complexity index is 435. The molecule has 1 aliphatic carbocycles. The van der Waals surface area contributed by atoms with Crippen molar-refractivity contribution in [2.75, 3.05) is 20.3 Å². The fourth-order valence-electron chi connectivity index (χ4n) is 3.02. The molecule has 2 rings (SSSR count). The number of hydrogen-bond acceptors (Lipinski definition) is 3. The summed E-state index contributed by atoms with van der Waals surface area (Å²) in [6, 6.07) is 6.94. The number of ether oxygens (including phenoxy) is 1. The Morgan fingerprint density at radius 3 is 2.90 bits per heavy atom. The first-order valence-corrected chi connectivity index (χ1v) is 9.03. The van der Waals surface area contributed by atoms with Crippen molar-refractivity contribution in [3.63, 3.8) is 0 Å². The first-order valence-electron chi connectivity index (χ1n) is 8.15. The van der Waals surface area contributed by atoms with Crippen LogP contribution in [0.3, 0.4) is 0 Å². The van der Waals surface area contributed by atoms with Gasteiger partial charge in [-0.3, -0.25) is 0 Å². The second-order valence-corrected chi connectivity index (χ2v) is 7.64. The Hall–Kier alpha value is -0.510. The van der Waals surface area contributed by atoms with Crippen LogP contribution in [0.5, 0.6) is 0 Å². The van der Waals surface area contributed by atoms with Crippen LogP contribution in [0, 0.1) is 12.8 Å². The van der Waals surface area contributed by atoms with Gasteiger partial charge in [-0.1, -0.05) is 25.8 Å². The summed E-state index contributed by atoms with van der Waals surface area (Å²) in [6.07, 6.45) is 5.58. The zero-order valence-electron chi connectivity index (χ0n) is 13.7. The van der Waals surface area contributed by atoms with Crippen molar-refractivity contribution in [2.45, 2.75) is 56.2 Å². The van der Waals surface area contributed by atoms with Gasteiger partial charge in [-0.05, 0) is 48.9 Å². The average molecular weight is 308 g/mol. The average Bonchev–Trinajstić information content (AvgIpc) is 2.45. The molecule has 0 radical (unpaired) electrons. The Kier molecular flexibility index (Phi) is 7.08. The van der Waals surface area contributed by atoms with Crippen LogP contribution in [0.1, 0.15) is 43.7 Å². The van der Waals surface area contributed by atoms with Gasteiger partial charge in [0.25, 0.3) is 0 Å². The van der Waals surface area contributed by atoms with E-state index in [4.69, 9.17) is 4.74 Å². The van der Waals surface area contributed by atoms with E-state index in [2.05, 4.69) is 49.1 Å². The number of nitrogens with one attached hydrogen (secondary N) is 1. The standard InChI is InChI=1S/C18H29NOS/c1-14-5-4-6-17(11-14)21-18-8-7-16(15(2)12-18)13-19-9-10-20-3/h7-8,12,14,17,19H,4-6,9-11,13H2,1-3H3. The molecule has 1 N–H and O–H groups in total. The largest absolute Gasteiger partial charge is 0.383 e. The smallest absolute Gasteiger partial charge is 0.0587 e. The van der Waals surface area contributed by atoms with Crippen LogP contribution in [0.15, 0.2) is 23.1 Å².